The maximum absolute atomic E-state index is 6.21. The Morgan fingerprint density at radius 1 is 1.20 bits per heavy atom. The molecule has 0 aliphatic rings. The fraction of sp³-hybridized carbons (Fsp3) is 0.706. The van der Waals surface area contributed by atoms with Crippen LogP contribution in [0.15, 0.2) is 24.4 Å². The number of nitrogens with zero attached hydrogens (tertiary/aromatic N) is 1. The van der Waals surface area contributed by atoms with Gasteiger partial charge in [0.2, 0.25) is 0 Å². The van der Waals surface area contributed by atoms with Gasteiger partial charge < -0.3 is 10.5 Å². The molecule has 0 amide bonds. The summed E-state index contributed by atoms with van der Waals surface area (Å²) in [5.74, 6) is 0. The molecular weight excluding hydrogens is 248 g/mol. The van der Waals surface area contributed by atoms with Gasteiger partial charge in [-0.05, 0) is 31.9 Å². The summed E-state index contributed by atoms with van der Waals surface area (Å²) in [6.45, 7) is 6.47. The van der Waals surface area contributed by atoms with Crippen molar-refractivity contribution in [1.82, 2.24) is 4.98 Å². The summed E-state index contributed by atoms with van der Waals surface area (Å²) < 4.78 is 6.18. The Labute approximate surface area is 123 Å². The third-order valence-electron chi connectivity index (χ3n) is 3.68. The molecule has 20 heavy (non-hydrogen) atoms. The van der Waals surface area contributed by atoms with E-state index in [9.17, 15) is 0 Å². The van der Waals surface area contributed by atoms with Crippen molar-refractivity contribution in [2.75, 3.05) is 0 Å². The monoisotopic (exact) mass is 278 g/mol. The first-order chi connectivity index (χ1) is 9.69. The van der Waals surface area contributed by atoms with Gasteiger partial charge in [0.25, 0.3) is 0 Å². The fourth-order valence-corrected chi connectivity index (χ4v) is 2.33. The van der Waals surface area contributed by atoms with E-state index in [1.165, 1.54) is 25.7 Å². The molecule has 0 saturated heterocycles. The zero-order valence-corrected chi connectivity index (χ0v) is 13.2. The molecule has 3 heteroatoms. The van der Waals surface area contributed by atoms with Gasteiger partial charge >= 0.3 is 0 Å². The zero-order valence-electron chi connectivity index (χ0n) is 13.2. The van der Waals surface area contributed by atoms with Crippen LogP contribution in [0.25, 0.3) is 0 Å². The van der Waals surface area contributed by atoms with E-state index in [0.29, 0.717) is 0 Å². The quantitative estimate of drug-likeness (QED) is 0.651. The normalized spacial score (nSPS) is 15.8. The number of nitrogens with two attached hydrogens (primary N) is 1. The van der Waals surface area contributed by atoms with Crippen LogP contribution in [0.1, 0.15) is 71.1 Å². The lowest BCUT2D eigenvalue weighted by atomic mass is 10.0. The van der Waals surface area contributed by atoms with Crippen LogP contribution >= 0.6 is 0 Å². The highest BCUT2D eigenvalue weighted by Gasteiger charge is 2.22. The Balaban J connectivity index is 2.53. The summed E-state index contributed by atoms with van der Waals surface area (Å²) in [4.78, 5) is 4.41. The SMILES string of the molecule is CCCCCCC(C)OC(c1ccccn1)C(N)CC. The molecule has 114 valence electrons. The molecule has 2 N–H and O–H groups in total. The number of ether oxygens (including phenoxy) is 1. The zero-order chi connectivity index (χ0) is 14.8. The molecule has 0 bridgehead atoms. The summed E-state index contributed by atoms with van der Waals surface area (Å²) in [6, 6.07) is 5.92. The average Bonchev–Trinajstić information content (AvgIpc) is 2.49. The predicted molar refractivity (Wildman–Crippen MR) is 84.6 cm³/mol. The molecule has 0 spiro atoms. The minimum absolute atomic E-state index is 0.00277. The standard InChI is InChI=1S/C17H30N2O/c1-4-6-7-8-11-14(3)20-17(15(18)5-2)16-12-9-10-13-19-16/h9-10,12-15,17H,4-8,11,18H2,1-3H3. The van der Waals surface area contributed by atoms with E-state index in [1.807, 2.05) is 18.2 Å². The van der Waals surface area contributed by atoms with E-state index in [-0.39, 0.29) is 18.2 Å². The summed E-state index contributed by atoms with van der Waals surface area (Å²) in [5, 5.41) is 0. The van der Waals surface area contributed by atoms with Crippen LogP contribution in [0.3, 0.4) is 0 Å². The van der Waals surface area contributed by atoms with Crippen molar-refractivity contribution in [3.05, 3.63) is 30.1 Å². The van der Waals surface area contributed by atoms with E-state index < -0.39 is 0 Å². The molecule has 0 fully saturated rings. The predicted octanol–water partition coefficient (Wildman–Crippen LogP) is 4.24. The number of hydrogen-bond acceptors (Lipinski definition) is 3. The van der Waals surface area contributed by atoms with E-state index in [2.05, 4.69) is 25.8 Å². The Kier molecular flexibility index (Phi) is 8.47. The molecule has 3 unspecified atom stereocenters. The van der Waals surface area contributed by atoms with E-state index in [4.69, 9.17) is 10.5 Å². The van der Waals surface area contributed by atoms with Crippen LogP contribution in [0.4, 0.5) is 0 Å². The van der Waals surface area contributed by atoms with Gasteiger partial charge in [0, 0.05) is 12.2 Å². The van der Waals surface area contributed by atoms with Crippen LogP contribution in [-0.2, 0) is 4.74 Å². The summed E-state index contributed by atoms with van der Waals surface area (Å²) in [6.07, 6.45) is 9.03. The lowest BCUT2D eigenvalue weighted by Gasteiger charge is -2.26. The first kappa shape index (κ1) is 17.1. The van der Waals surface area contributed by atoms with Crippen molar-refractivity contribution in [2.24, 2.45) is 5.73 Å². The average molecular weight is 278 g/mol. The highest BCUT2D eigenvalue weighted by molar-refractivity contribution is 5.09. The van der Waals surface area contributed by atoms with Crippen LogP contribution in [0, 0.1) is 0 Å². The maximum atomic E-state index is 6.21. The Bertz CT molecular complexity index is 342. The Hall–Kier alpha value is -0.930. The van der Waals surface area contributed by atoms with E-state index in [0.717, 1.165) is 18.5 Å². The third-order valence-corrected chi connectivity index (χ3v) is 3.68. The molecule has 3 nitrogen and oxygen atoms in total. The molecule has 0 aromatic carbocycles. The molecule has 1 rings (SSSR count). The molecule has 3 atom stereocenters. The topological polar surface area (TPSA) is 48.1 Å². The number of aromatic nitrogens is 1. The molecular formula is C17H30N2O. The second-order valence-electron chi connectivity index (χ2n) is 5.54. The number of hydrogen-bond donors (Lipinski definition) is 1. The van der Waals surface area contributed by atoms with E-state index in [1.54, 1.807) is 6.20 Å². The Morgan fingerprint density at radius 2 is 2.00 bits per heavy atom. The highest BCUT2D eigenvalue weighted by atomic mass is 16.5. The van der Waals surface area contributed by atoms with Gasteiger partial charge in [0.1, 0.15) is 6.10 Å². The van der Waals surface area contributed by atoms with Crippen molar-refractivity contribution in [2.45, 2.75) is 77.5 Å². The molecule has 1 aromatic heterocycles. The first-order valence-corrected chi connectivity index (χ1v) is 8.01. The van der Waals surface area contributed by atoms with Gasteiger partial charge in [0.15, 0.2) is 0 Å². The maximum Gasteiger partial charge on any atom is 0.115 e. The van der Waals surface area contributed by atoms with Crippen LogP contribution < -0.4 is 5.73 Å². The lowest BCUT2D eigenvalue weighted by molar-refractivity contribution is -0.0252. The van der Waals surface area contributed by atoms with Gasteiger partial charge in [-0.3, -0.25) is 4.98 Å². The molecule has 0 aliphatic carbocycles. The van der Waals surface area contributed by atoms with Crippen LogP contribution in [0.2, 0.25) is 0 Å². The summed E-state index contributed by atoms with van der Waals surface area (Å²) in [7, 11) is 0. The second kappa shape index (κ2) is 9.89. The third kappa shape index (κ3) is 6.02. The minimum atomic E-state index is -0.0950. The van der Waals surface area contributed by atoms with Gasteiger partial charge in [-0.25, -0.2) is 0 Å². The van der Waals surface area contributed by atoms with Gasteiger partial charge in [-0.15, -0.1) is 0 Å². The molecule has 0 aliphatic heterocycles. The largest absolute Gasteiger partial charge is 0.367 e. The summed E-state index contributed by atoms with van der Waals surface area (Å²) in [5.41, 5.74) is 7.16. The van der Waals surface area contributed by atoms with Crippen molar-refractivity contribution in [1.29, 1.82) is 0 Å². The molecule has 0 radical (unpaired) electrons. The smallest absolute Gasteiger partial charge is 0.115 e. The number of unbranched alkanes of at least 4 members (excludes halogenated alkanes) is 3. The van der Waals surface area contributed by atoms with Gasteiger partial charge in [0.05, 0.1) is 11.8 Å². The molecule has 0 saturated carbocycles. The van der Waals surface area contributed by atoms with Crippen molar-refractivity contribution >= 4 is 0 Å². The lowest BCUT2D eigenvalue weighted by Crippen LogP contribution is -2.32. The van der Waals surface area contributed by atoms with Gasteiger partial charge in [-0.2, -0.15) is 0 Å². The van der Waals surface area contributed by atoms with Crippen molar-refractivity contribution in [3.63, 3.8) is 0 Å². The Morgan fingerprint density at radius 3 is 2.60 bits per heavy atom. The van der Waals surface area contributed by atoms with Crippen LogP contribution in [0.5, 0.6) is 0 Å². The summed E-state index contributed by atoms with van der Waals surface area (Å²) >= 11 is 0. The van der Waals surface area contributed by atoms with Crippen molar-refractivity contribution in [3.8, 4) is 0 Å². The first-order valence-electron chi connectivity index (χ1n) is 8.01. The molecule has 1 aromatic rings. The van der Waals surface area contributed by atoms with Crippen molar-refractivity contribution < 1.29 is 4.74 Å². The van der Waals surface area contributed by atoms with Crippen LogP contribution in [-0.4, -0.2) is 17.1 Å². The molecule has 1 heterocycles. The number of rotatable bonds is 10. The number of pyridine rings is 1. The highest BCUT2D eigenvalue weighted by Crippen LogP contribution is 2.23. The minimum Gasteiger partial charge on any atom is -0.367 e. The fourth-order valence-electron chi connectivity index (χ4n) is 2.33. The van der Waals surface area contributed by atoms with Gasteiger partial charge in [-0.1, -0.05) is 45.6 Å². The van der Waals surface area contributed by atoms with E-state index >= 15 is 0 Å². The second-order valence-corrected chi connectivity index (χ2v) is 5.54.